The molecule has 3 rings (SSSR count). The number of aromatic nitrogens is 3. The van der Waals surface area contributed by atoms with Gasteiger partial charge in [0.2, 0.25) is 0 Å². The molecule has 100 valence electrons. The summed E-state index contributed by atoms with van der Waals surface area (Å²) in [6, 6.07) is 3.30. The lowest BCUT2D eigenvalue weighted by molar-refractivity contribution is 0.112. The van der Waals surface area contributed by atoms with Gasteiger partial charge in [-0.2, -0.15) is 0 Å². The summed E-state index contributed by atoms with van der Waals surface area (Å²) in [5.74, 6) is 0.610. The van der Waals surface area contributed by atoms with Crippen molar-refractivity contribution in [1.29, 1.82) is 0 Å². The fourth-order valence-corrected chi connectivity index (χ4v) is 4.36. The quantitative estimate of drug-likeness (QED) is 0.771. The van der Waals surface area contributed by atoms with Crippen LogP contribution in [0.25, 0.3) is 5.65 Å². The third-order valence-corrected chi connectivity index (χ3v) is 5.63. The Labute approximate surface area is 110 Å². The maximum Gasteiger partial charge on any atom is 0.160 e. The van der Waals surface area contributed by atoms with E-state index in [1.165, 1.54) is 0 Å². The van der Waals surface area contributed by atoms with Gasteiger partial charge in [0.05, 0.1) is 5.75 Å². The Morgan fingerprint density at radius 1 is 1.26 bits per heavy atom. The van der Waals surface area contributed by atoms with Crippen molar-refractivity contribution in [1.82, 2.24) is 14.6 Å². The van der Waals surface area contributed by atoms with Crippen molar-refractivity contribution in [2.75, 3.05) is 5.75 Å². The first-order chi connectivity index (χ1) is 9.12. The van der Waals surface area contributed by atoms with Crippen LogP contribution in [0, 0.1) is 0 Å². The lowest BCUT2D eigenvalue weighted by Gasteiger charge is -2.20. The summed E-state index contributed by atoms with van der Waals surface area (Å²) in [5, 5.41) is 7.36. The number of rotatable bonds is 2. The van der Waals surface area contributed by atoms with Crippen LogP contribution in [0.1, 0.15) is 40.7 Å². The van der Waals surface area contributed by atoms with Gasteiger partial charge in [-0.25, -0.2) is 8.42 Å². The Morgan fingerprint density at radius 3 is 2.84 bits per heavy atom. The number of sulfone groups is 1. The van der Waals surface area contributed by atoms with Gasteiger partial charge in [-0.3, -0.25) is 9.20 Å². The molecule has 0 spiro atoms. The first-order valence-electron chi connectivity index (χ1n) is 6.13. The Bertz CT molecular complexity index is 736. The van der Waals surface area contributed by atoms with Gasteiger partial charge in [0.25, 0.3) is 0 Å². The van der Waals surface area contributed by atoms with Gasteiger partial charge in [0.1, 0.15) is 5.25 Å². The number of carbonyl (C=O) groups excluding carboxylic acids is 1. The molecule has 2 aromatic heterocycles. The SMILES string of the molecule is O=Cc1ccc2nnc(C3CCCCS3(=O)=O)n2c1. The Balaban J connectivity index is 2.16. The molecule has 19 heavy (non-hydrogen) atoms. The second-order valence-corrected chi connectivity index (χ2v) is 7.02. The molecule has 0 saturated carbocycles. The van der Waals surface area contributed by atoms with Crippen molar-refractivity contribution >= 4 is 21.8 Å². The van der Waals surface area contributed by atoms with Gasteiger partial charge in [-0.05, 0) is 25.0 Å². The van der Waals surface area contributed by atoms with Gasteiger partial charge in [0.15, 0.2) is 27.6 Å². The van der Waals surface area contributed by atoms with E-state index in [1.54, 1.807) is 22.7 Å². The van der Waals surface area contributed by atoms with Crippen molar-refractivity contribution in [2.24, 2.45) is 0 Å². The van der Waals surface area contributed by atoms with Crippen molar-refractivity contribution in [3.63, 3.8) is 0 Å². The van der Waals surface area contributed by atoms with E-state index < -0.39 is 15.1 Å². The molecule has 1 aliphatic heterocycles. The van der Waals surface area contributed by atoms with E-state index in [-0.39, 0.29) is 5.75 Å². The topological polar surface area (TPSA) is 81.4 Å². The molecule has 2 aromatic rings. The number of fused-ring (bicyclic) bond motifs is 1. The van der Waals surface area contributed by atoms with Crippen LogP contribution >= 0.6 is 0 Å². The van der Waals surface area contributed by atoms with Crippen LogP contribution in [0.4, 0.5) is 0 Å². The standard InChI is InChI=1S/C12H13N3O3S/c16-8-9-4-5-11-13-14-12(15(11)7-9)10-3-1-2-6-19(10,17)18/h4-5,7-8,10H,1-3,6H2. The maximum atomic E-state index is 12.1. The minimum Gasteiger partial charge on any atom is -0.298 e. The van der Waals surface area contributed by atoms with Crippen LogP contribution in [0.2, 0.25) is 0 Å². The number of pyridine rings is 1. The van der Waals surface area contributed by atoms with E-state index >= 15 is 0 Å². The zero-order valence-corrected chi connectivity index (χ0v) is 11.0. The van der Waals surface area contributed by atoms with Crippen molar-refractivity contribution < 1.29 is 13.2 Å². The first-order valence-corrected chi connectivity index (χ1v) is 7.85. The fraction of sp³-hybridized carbons (Fsp3) is 0.417. The minimum absolute atomic E-state index is 0.194. The average molecular weight is 279 g/mol. The summed E-state index contributed by atoms with van der Waals surface area (Å²) < 4.78 is 25.9. The molecule has 0 aromatic carbocycles. The molecule has 1 aliphatic rings. The molecule has 0 bridgehead atoms. The molecule has 1 saturated heterocycles. The highest BCUT2D eigenvalue weighted by atomic mass is 32.2. The van der Waals surface area contributed by atoms with E-state index in [2.05, 4.69) is 10.2 Å². The molecule has 0 aliphatic carbocycles. The van der Waals surface area contributed by atoms with E-state index in [0.717, 1.165) is 12.7 Å². The summed E-state index contributed by atoms with van der Waals surface area (Å²) >= 11 is 0. The second-order valence-electron chi connectivity index (χ2n) is 4.72. The highest BCUT2D eigenvalue weighted by Gasteiger charge is 2.33. The van der Waals surface area contributed by atoms with Gasteiger partial charge < -0.3 is 0 Å². The van der Waals surface area contributed by atoms with Gasteiger partial charge in [-0.15, -0.1) is 10.2 Å². The zero-order chi connectivity index (χ0) is 13.5. The van der Waals surface area contributed by atoms with Crippen molar-refractivity contribution in [3.05, 3.63) is 29.7 Å². The lowest BCUT2D eigenvalue weighted by Crippen LogP contribution is -2.23. The molecular formula is C12H13N3O3S. The molecule has 1 fully saturated rings. The highest BCUT2D eigenvalue weighted by Crippen LogP contribution is 2.32. The molecule has 7 heteroatoms. The van der Waals surface area contributed by atoms with Crippen LogP contribution in [-0.4, -0.2) is 35.1 Å². The van der Waals surface area contributed by atoms with Crippen molar-refractivity contribution in [2.45, 2.75) is 24.5 Å². The number of hydrogen-bond donors (Lipinski definition) is 0. The normalized spacial score (nSPS) is 22.4. The maximum absolute atomic E-state index is 12.1. The van der Waals surface area contributed by atoms with Gasteiger partial charge >= 0.3 is 0 Å². The summed E-state index contributed by atoms with van der Waals surface area (Å²) in [5.41, 5.74) is 1.03. The van der Waals surface area contributed by atoms with Crippen LogP contribution in [0.15, 0.2) is 18.3 Å². The summed E-state index contributed by atoms with van der Waals surface area (Å²) in [4.78, 5) is 10.8. The van der Waals surface area contributed by atoms with Gasteiger partial charge in [-0.1, -0.05) is 6.42 Å². The summed E-state index contributed by atoms with van der Waals surface area (Å²) in [7, 11) is -3.17. The molecule has 6 nitrogen and oxygen atoms in total. The van der Waals surface area contributed by atoms with E-state index in [4.69, 9.17) is 0 Å². The van der Waals surface area contributed by atoms with Crippen LogP contribution in [-0.2, 0) is 9.84 Å². The Hall–Kier alpha value is -1.76. The monoisotopic (exact) mass is 279 g/mol. The van der Waals surface area contributed by atoms with Crippen LogP contribution in [0.5, 0.6) is 0 Å². The minimum atomic E-state index is -3.17. The highest BCUT2D eigenvalue weighted by molar-refractivity contribution is 7.91. The molecular weight excluding hydrogens is 266 g/mol. The molecule has 1 unspecified atom stereocenters. The number of aldehydes is 1. The van der Waals surface area contributed by atoms with E-state index in [0.29, 0.717) is 29.9 Å². The Morgan fingerprint density at radius 2 is 2.11 bits per heavy atom. The summed E-state index contributed by atoms with van der Waals surface area (Å²) in [6.45, 7) is 0. The van der Waals surface area contributed by atoms with E-state index in [1.807, 2.05) is 0 Å². The lowest BCUT2D eigenvalue weighted by atomic mass is 10.2. The molecule has 0 radical (unpaired) electrons. The van der Waals surface area contributed by atoms with Gasteiger partial charge in [0, 0.05) is 11.8 Å². The van der Waals surface area contributed by atoms with Crippen molar-refractivity contribution in [3.8, 4) is 0 Å². The predicted octanol–water partition coefficient (Wildman–Crippen LogP) is 1.18. The second kappa shape index (κ2) is 4.41. The van der Waals surface area contributed by atoms with E-state index in [9.17, 15) is 13.2 Å². The first kappa shape index (κ1) is 12.3. The third-order valence-electron chi connectivity index (χ3n) is 3.45. The average Bonchev–Trinajstić information content (AvgIpc) is 2.81. The Kier molecular flexibility index (Phi) is 2.85. The number of carbonyl (C=O) groups is 1. The molecule has 1 atom stereocenters. The number of nitrogens with zero attached hydrogens (tertiary/aromatic N) is 3. The zero-order valence-electron chi connectivity index (χ0n) is 10.2. The number of hydrogen-bond acceptors (Lipinski definition) is 5. The molecule has 0 amide bonds. The molecule has 0 N–H and O–H groups in total. The smallest absolute Gasteiger partial charge is 0.160 e. The van der Waals surface area contributed by atoms with Crippen LogP contribution < -0.4 is 0 Å². The summed E-state index contributed by atoms with van der Waals surface area (Å²) in [6.07, 6.45) is 4.44. The fourth-order valence-electron chi connectivity index (χ4n) is 2.46. The van der Waals surface area contributed by atoms with Crippen LogP contribution in [0.3, 0.4) is 0 Å². The molecule has 3 heterocycles. The predicted molar refractivity (Wildman–Crippen MR) is 68.8 cm³/mol. The third kappa shape index (κ3) is 2.03. The largest absolute Gasteiger partial charge is 0.298 e.